The van der Waals surface area contributed by atoms with E-state index in [0.717, 1.165) is 49.9 Å². The summed E-state index contributed by atoms with van der Waals surface area (Å²) in [5, 5.41) is 2.99. The van der Waals surface area contributed by atoms with Crippen LogP contribution in [0, 0.1) is 6.92 Å². The third-order valence-corrected chi connectivity index (χ3v) is 5.78. The van der Waals surface area contributed by atoms with Gasteiger partial charge in [-0.25, -0.2) is 0 Å². The third-order valence-electron chi connectivity index (χ3n) is 5.78. The molecule has 7 heteroatoms. The van der Waals surface area contributed by atoms with Crippen molar-refractivity contribution in [1.29, 1.82) is 0 Å². The topological polar surface area (TPSA) is 65.7 Å². The van der Waals surface area contributed by atoms with Crippen LogP contribution < -0.4 is 29.3 Å². The molecule has 160 valence electrons. The second-order valence-electron chi connectivity index (χ2n) is 8.08. The van der Waals surface area contributed by atoms with E-state index in [1.807, 2.05) is 24.3 Å². The summed E-state index contributed by atoms with van der Waals surface area (Å²) in [5.41, 5.74) is 3.26. The van der Waals surface area contributed by atoms with Crippen LogP contribution >= 0.6 is 0 Å². The van der Waals surface area contributed by atoms with E-state index in [4.69, 9.17) is 14.2 Å². The van der Waals surface area contributed by atoms with Gasteiger partial charge in [0.25, 0.3) is 5.91 Å². The van der Waals surface area contributed by atoms with Crippen LogP contribution in [0.3, 0.4) is 0 Å². The smallest absolute Gasteiger partial charge is 0.279 e. The van der Waals surface area contributed by atoms with E-state index in [1.165, 1.54) is 20.9 Å². The lowest BCUT2D eigenvalue weighted by Gasteiger charge is -2.29. The Morgan fingerprint density at radius 2 is 1.73 bits per heavy atom. The summed E-state index contributed by atoms with van der Waals surface area (Å²) in [4.78, 5) is 15.4. The molecule has 3 N–H and O–H groups in total. The first-order valence-electron chi connectivity index (χ1n) is 10.6. The van der Waals surface area contributed by atoms with Gasteiger partial charge in [-0.3, -0.25) is 4.79 Å². The molecule has 1 fully saturated rings. The summed E-state index contributed by atoms with van der Waals surface area (Å²) in [6, 6.07) is 11.9. The molecular weight excluding hydrogens is 382 g/mol. The quantitative estimate of drug-likeness (QED) is 0.608. The third kappa shape index (κ3) is 5.04. The van der Waals surface area contributed by atoms with Crippen LogP contribution in [0.5, 0.6) is 17.2 Å². The molecule has 1 saturated heterocycles. The lowest BCUT2D eigenvalue weighted by Crippen LogP contribution is -3.28. The molecule has 2 aliphatic heterocycles. The summed E-state index contributed by atoms with van der Waals surface area (Å²) < 4.78 is 16.6. The monoisotopic (exact) mass is 413 g/mol. The van der Waals surface area contributed by atoms with Crippen LogP contribution in [-0.4, -0.2) is 59.0 Å². The van der Waals surface area contributed by atoms with Crippen molar-refractivity contribution in [2.45, 2.75) is 13.5 Å². The van der Waals surface area contributed by atoms with E-state index >= 15 is 0 Å². The van der Waals surface area contributed by atoms with Gasteiger partial charge in [-0.05, 0) is 31.2 Å². The van der Waals surface area contributed by atoms with Crippen molar-refractivity contribution in [3.63, 3.8) is 0 Å². The predicted octanol–water partition coefficient (Wildman–Crippen LogP) is -0.303. The Hall–Kier alpha value is -2.77. The number of piperazine rings is 1. The molecule has 7 nitrogen and oxygen atoms in total. The van der Waals surface area contributed by atoms with E-state index in [0.29, 0.717) is 25.5 Å². The van der Waals surface area contributed by atoms with Crippen LogP contribution in [0.15, 0.2) is 36.4 Å². The first kappa shape index (κ1) is 20.5. The maximum absolute atomic E-state index is 12.5. The van der Waals surface area contributed by atoms with Crippen molar-refractivity contribution >= 4 is 11.6 Å². The molecule has 0 spiro atoms. The number of methoxy groups -OCH3 is 1. The maximum Gasteiger partial charge on any atom is 0.279 e. The van der Waals surface area contributed by atoms with Gasteiger partial charge in [0, 0.05) is 17.3 Å². The van der Waals surface area contributed by atoms with Crippen molar-refractivity contribution in [3.05, 3.63) is 47.5 Å². The minimum absolute atomic E-state index is 0.0329. The molecule has 0 aromatic heterocycles. The Bertz CT molecular complexity index is 894. The van der Waals surface area contributed by atoms with Gasteiger partial charge in [-0.2, -0.15) is 0 Å². The highest BCUT2D eigenvalue weighted by molar-refractivity contribution is 5.91. The van der Waals surface area contributed by atoms with Gasteiger partial charge >= 0.3 is 0 Å². The standard InChI is InChI=1S/C23H29N3O4/c1-17-3-5-20(28-2)18(13-17)15-25-7-9-26(10-8-25)16-23(27)24-19-4-6-21-22(14-19)30-12-11-29-21/h3-6,13-14H,7-12,15-16H2,1-2H3,(H,24,27)/p+2. The van der Waals surface area contributed by atoms with Gasteiger partial charge in [-0.1, -0.05) is 11.6 Å². The van der Waals surface area contributed by atoms with E-state index in [1.54, 1.807) is 7.11 Å². The van der Waals surface area contributed by atoms with Crippen LogP contribution in [0.4, 0.5) is 5.69 Å². The summed E-state index contributed by atoms with van der Waals surface area (Å²) in [6.45, 7) is 8.71. The summed E-state index contributed by atoms with van der Waals surface area (Å²) in [5.74, 6) is 2.41. The number of hydrogen-bond donors (Lipinski definition) is 3. The van der Waals surface area contributed by atoms with Crippen LogP contribution in [0.2, 0.25) is 0 Å². The first-order chi connectivity index (χ1) is 14.6. The molecule has 2 aromatic carbocycles. The van der Waals surface area contributed by atoms with Crippen molar-refractivity contribution in [1.82, 2.24) is 0 Å². The Morgan fingerprint density at radius 1 is 1.00 bits per heavy atom. The van der Waals surface area contributed by atoms with E-state index in [9.17, 15) is 4.79 Å². The molecule has 0 radical (unpaired) electrons. The number of nitrogens with one attached hydrogen (secondary N) is 3. The number of aryl methyl sites for hydroxylation is 1. The number of rotatable bonds is 6. The molecule has 0 saturated carbocycles. The van der Waals surface area contributed by atoms with E-state index in [-0.39, 0.29) is 5.91 Å². The number of anilines is 1. The highest BCUT2D eigenvalue weighted by Crippen LogP contribution is 2.32. The first-order valence-corrected chi connectivity index (χ1v) is 10.6. The van der Waals surface area contributed by atoms with Crippen LogP contribution in [-0.2, 0) is 11.3 Å². The Morgan fingerprint density at radius 3 is 2.50 bits per heavy atom. The Labute approximate surface area is 177 Å². The van der Waals surface area contributed by atoms with Gasteiger partial charge < -0.3 is 29.3 Å². The van der Waals surface area contributed by atoms with Crippen LogP contribution in [0.1, 0.15) is 11.1 Å². The van der Waals surface area contributed by atoms with Crippen molar-refractivity contribution in [2.75, 3.05) is 58.4 Å². The minimum atomic E-state index is 0.0329. The molecule has 0 unspecified atom stereocenters. The number of benzene rings is 2. The fraction of sp³-hybridized carbons (Fsp3) is 0.435. The SMILES string of the molecule is COc1ccc(C)cc1C[NH+]1CC[NH+](CC(=O)Nc2ccc3c(c2)OCCO3)CC1. The molecule has 2 aliphatic rings. The van der Waals surface area contributed by atoms with Crippen LogP contribution in [0.25, 0.3) is 0 Å². The van der Waals surface area contributed by atoms with Gasteiger partial charge in [0.1, 0.15) is 51.7 Å². The molecule has 0 bridgehead atoms. The molecule has 2 aromatic rings. The van der Waals surface area contributed by atoms with Gasteiger partial charge in [0.15, 0.2) is 18.0 Å². The fourth-order valence-corrected chi connectivity index (χ4v) is 4.18. The number of carbonyl (C=O) groups excluding carboxylic acids is 1. The van der Waals surface area contributed by atoms with Gasteiger partial charge in [0.2, 0.25) is 0 Å². The average molecular weight is 414 g/mol. The summed E-state index contributed by atoms with van der Waals surface area (Å²) in [7, 11) is 1.73. The molecule has 4 rings (SSSR count). The zero-order chi connectivity index (χ0) is 20.9. The lowest BCUT2D eigenvalue weighted by molar-refractivity contribution is -1.02. The molecule has 1 amide bonds. The second kappa shape index (κ2) is 9.36. The van der Waals surface area contributed by atoms with E-state index in [2.05, 4.69) is 24.4 Å². The number of ether oxygens (including phenoxy) is 3. The molecular formula is C23H31N3O4+2. The number of amides is 1. The second-order valence-corrected chi connectivity index (χ2v) is 8.08. The maximum atomic E-state index is 12.5. The summed E-state index contributed by atoms with van der Waals surface area (Å²) in [6.07, 6.45) is 0. The molecule has 0 atom stereocenters. The van der Waals surface area contributed by atoms with Crippen molar-refractivity contribution in [2.24, 2.45) is 0 Å². The highest BCUT2D eigenvalue weighted by Gasteiger charge is 2.26. The Balaban J connectivity index is 1.26. The fourth-order valence-electron chi connectivity index (χ4n) is 4.18. The number of hydrogen-bond acceptors (Lipinski definition) is 4. The van der Waals surface area contributed by atoms with E-state index < -0.39 is 0 Å². The summed E-state index contributed by atoms with van der Waals surface area (Å²) >= 11 is 0. The molecule has 2 heterocycles. The van der Waals surface area contributed by atoms with Crippen molar-refractivity contribution < 1.29 is 28.8 Å². The average Bonchev–Trinajstić information content (AvgIpc) is 2.75. The zero-order valence-corrected chi connectivity index (χ0v) is 17.8. The largest absolute Gasteiger partial charge is 0.496 e. The molecule has 30 heavy (non-hydrogen) atoms. The predicted molar refractivity (Wildman–Crippen MR) is 114 cm³/mol. The number of quaternary nitrogens is 2. The van der Waals surface area contributed by atoms with Gasteiger partial charge in [-0.15, -0.1) is 0 Å². The number of carbonyl (C=O) groups is 1. The Kier molecular flexibility index (Phi) is 6.40. The minimum Gasteiger partial charge on any atom is -0.496 e. The van der Waals surface area contributed by atoms with Gasteiger partial charge in [0.05, 0.1) is 7.11 Å². The zero-order valence-electron chi connectivity index (χ0n) is 17.8. The lowest BCUT2D eigenvalue weighted by atomic mass is 10.1. The normalized spacial score (nSPS) is 20.5. The van der Waals surface area contributed by atoms with Crippen molar-refractivity contribution in [3.8, 4) is 17.2 Å². The number of fused-ring (bicyclic) bond motifs is 1. The molecule has 0 aliphatic carbocycles. The highest BCUT2D eigenvalue weighted by atomic mass is 16.6.